The predicted molar refractivity (Wildman–Crippen MR) is 85.0 cm³/mol. The fourth-order valence-electron chi connectivity index (χ4n) is 2.77. The minimum Gasteiger partial charge on any atom is -0.382 e. The van der Waals surface area contributed by atoms with E-state index < -0.39 is 0 Å². The molecule has 0 saturated carbocycles. The van der Waals surface area contributed by atoms with E-state index in [1.54, 1.807) is 7.11 Å². The van der Waals surface area contributed by atoms with Gasteiger partial charge >= 0.3 is 0 Å². The van der Waals surface area contributed by atoms with Crippen LogP contribution < -0.4 is 10.6 Å². The van der Waals surface area contributed by atoms with Crippen LogP contribution in [-0.2, 0) is 4.74 Å². The highest BCUT2D eigenvalue weighted by Crippen LogP contribution is 2.39. The second-order valence-electron chi connectivity index (χ2n) is 5.49. The molecule has 1 aliphatic heterocycles. The van der Waals surface area contributed by atoms with Crippen molar-refractivity contribution in [1.29, 1.82) is 0 Å². The molecule has 3 N–H and O–H groups in total. The van der Waals surface area contributed by atoms with Crippen LogP contribution in [0.2, 0.25) is 5.02 Å². The maximum atomic E-state index is 6.29. The Hall–Kier alpha value is -1.86. The fraction of sp³-hybridized carbons (Fsp3) is 0.500. The van der Waals surface area contributed by atoms with Crippen molar-refractivity contribution in [2.45, 2.75) is 32.4 Å². The number of rotatable bonds is 3. The first-order valence-corrected chi connectivity index (χ1v) is 7.47. The molecule has 2 atom stereocenters. The summed E-state index contributed by atoms with van der Waals surface area (Å²) in [6.45, 7) is 4.67. The molecule has 2 aromatic heterocycles. The smallest absolute Gasteiger partial charge is 0.153 e. The number of nitrogen functional groups attached to an aromatic ring is 1. The van der Waals surface area contributed by atoms with Gasteiger partial charge in [0.15, 0.2) is 5.82 Å². The number of anilines is 2. The molecule has 22 heavy (non-hydrogen) atoms. The zero-order valence-electron chi connectivity index (χ0n) is 12.8. The highest BCUT2D eigenvalue weighted by atomic mass is 35.5. The molecule has 0 radical (unpaired) electrons. The Balaban J connectivity index is 2.01. The monoisotopic (exact) mass is 322 g/mol. The average molecular weight is 323 g/mol. The number of nitrogens with one attached hydrogen (secondary N) is 1. The van der Waals surface area contributed by atoms with E-state index >= 15 is 0 Å². The summed E-state index contributed by atoms with van der Waals surface area (Å²) in [6.07, 6.45) is 2.32. The molecule has 1 aliphatic rings. The Labute approximate surface area is 133 Å². The van der Waals surface area contributed by atoms with Crippen LogP contribution in [0.3, 0.4) is 0 Å². The molecular weight excluding hydrogens is 304 g/mol. The van der Waals surface area contributed by atoms with Gasteiger partial charge in [0.2, 0.25) is 0 Å². The Morgan fingerprint density at radius 3 is 2.82 bits per heavy atom. The van der Waals surface area contributed by atoms with Crippen molar-refractivity contribution in [2.75, 3.05) is 24.3 Å². The molecule has 0 spiro atoms. The van der Waals surface area contributed by atoms with Gasteiger partial charge < -0.3 is 20.4 Å². The van der Waals surface area contributed by atoms with Crippen LogP contribution in [0.1, 0.15) is 29.7 Å². The lowest BCUT2D eigenvalue weighted by Crippen LogP contribution is -2.27. The summed E-state index contributed by atoms with van der Waals surface area (Å²) < 4.78 is 5.52. The van der Waals surface area contributed by atoms with Crippen molar-refractivity contribution in [2.24, 2.45) is 0 Å². The molecule has 2 aromatic rings. The maximum absolute atomic E-state index is 6.29. The topological polar surface area (TPSA) is 93.0 Å². The molecule has 8 heteroatoms. The van der Waals surface area contributed by atoms with E-state index in [0.717, 1.165) is 23.6 Å². The summed E-state index contributed by atoms with van der Waals surface area (Å²) in [6, 6.07) is 0.0177. The van der Waals surface area contributed by atoms with Crippen LogP contribution in [0, 0.1) is 13.8 Å². The molecule has 0 unspecified atom stereocenters. The Kier molecular flexibility index (Phi) is 3.92. The number of hydrogen-bond donors (Lipinski definition) is 2. The minimum absolute atomic E-state index is 0.0177. The van der Waals surface area contributed by atoms with Crippen LogP contribution >= 0.6 is 11.6 Å². The number of methoxy groups -OCH3 is 1. The summed E-state index contributed by atoms with van der Waals surface area (Å²) in [7, 11) is 1.71. The van der Waals surface area contributed by atoms with Crippen molar-refractivity contribution >= 4 is 23.2 Å². The van der Waals surface area contributed by atoms with Gasteiger partial charge in [0, 0.05) is 25.8 Å². The number of H-pyrrole nitrogens is 1. The van der Waals surface area contributed by atoms with Gasteiger partial charge in [-0.15, -0.1) is 0 Å². The van der Waals surface area contributed by atoms with Crippen LogP contribution in [0.15, 0.2) is 6.33 Å². The zero-order chi connectivity index (χ0) is 15.9. The van der Waals surface area contributed by atoms with E-state index in [2.05, 4.69) is 24.8 Å². The summed E-state index contributed by atoms with van der Waals surface area (Å²) in [5.41, 5.74) is 7.85. The van der Waals surface area contributed by atoms with Gasteiger partial charge in [-0.05, 0) is 13.8 Å². The number of halogens is 1. The molecule has 3 rings (SSSR count). The number of aromatic nitrogens is 4. The van der Waals surface area contributed by atoms with Crippen molar-refractivity contribution in [1.82, 2.24) is 19.9 Å². The fourth-order valence-corrected chi connectivity index (χ4v) is 2.97. The van der Waals surface area contributed by atoms with Crippen molar-refractivity contribution < 1.29 is 4.74 Å². The largest absolute Gasteiger partial charge is 0.382 e. The molecule has 3 heterocycles. The van der Waals surface area contributed by atoms with Gasteiger partial charge in [-0.3, -0.25) is 0 Å². The Morgan fingerprint density at radius 1 is 1.41 bits per heavy atom. The van der Waals surface area contributed by atoms with E-state index in [-0.39, 0.29) is 18.0 Å². The molecule has 1 fully saturated rings. The summed E-state index contributed by atoms with van der Waals surface area (Å²) in [5.74, 6) is 1.78. The lowest BCUT2D eigenvalue weighted by atomic mass is 10.2. The van der Waals surface area contributed by atoms with Crippen molar-refractivity contribution in [3.8, 4) is 0 Å². The molecule has 0 amide bonds. The van der Waals surface area contributed by atoms with Crippen LogP contribution in [-0.4, -0.2) is 39.7 Å². The molecule has 7 nitrogen and oxygen atoms in total. The predicted octanol–water partition coefficient (Wildman–Crippen LogP) is 2.02. The molecular formula is C14H19ClN6O. The number of hydrogen-bond acceptors (Lipinski definition) is 6. The van der Waals surface area contributed by atoms with E-state index in [0.29, 0.717) is 17.4 Å². The molecule has 0 aromatic carbocycles. The second-order valence-corrected chi connectivity index (χ2v) is 5.87. The lowest BCUT2D eigenvalue weighted by molar-refractivity contribution is 0.118. The first-order valence-electron chi connectivity index (χ1n) is 7.09. The van der Waals surface area contributed by atoms with Gasteiger partial charge in [-0.2, -0.15) is 0 Å². The normalized spacial score (nSPS) is 21.5. The Bertz CT molecular complexity index is 668. The van der Waals surface area contributed by atoms with Crippen molar-refractivity contribution in [3.05, 3.63) is 28.6 Å². The number of ether oxygens (including phenoxy) is 1. The number of nitrogens with two attached hydrogens (primary N) is 1. The third-order valence-electron chi connectivity index (χ3n) is 4.13. The van der Waals surface area contributed by atoms with Gasteiger partial charge in [0.25, 0.3) is 0 Å². The Morgan fingerprint density at radius 2 is 2.18 bits per heavy atom. The third kappa shape index (κ3) is 2.50. The zero-order valence-corrected chi connectivity index (χ0v) is 13.6. The number of imidazole rings is 1. The van der Waals surface area contributed by atoms with E-state index in [4.69, 9.17) is 22.1 Å². The van der Waals surface area contributed by atoms with Gasteiger partial charge in [-0.25, -0.2) is 15.0 Å². The standard InChI is InChI=1S/C14H19ClN6O/c1-7-8(2)20-13(19-7)10-4-9(22-3)5-21(10)14-11(15)12(16)17-6-18-14/h6,9-10H,4-5H2,1-3H3,(H,19,20)(H2,16,17,18)/t9-,10+/m1/s1. The summed E-state index contributed by atoms with van der Waals surface area (Å²) in [4.78, 5) is 18.3. The van der Waals surface area contributed by atoms with E-state index in [9.17, 15) is 0 Å². The van der Waals surface area contributed by atoms with Gasteiger partial charge in [0.1, 0.15) is 23.0 Å². The molecule has 0 bridgehead atoms. The SMILES string of the molecule is CO[C@@H]1C[C@@H](c2nc(C)c(C)[nH]2)N(c2ncnc(N)c2Cl)C1. The first kappa shape index (κ1) is 15.1. The highest BCUT2D eigenvalue weighted by Gasteiger charge is 2.37. The van der Waals surface area contributed by atoms with Crippen molar-refractivity contribution in [3.63, 3.8) is 0 Å². The molecule has 118 valence electrons. The van der Waals surface area contributed by atoms with Crippen LogP contribution in [0.4, 0.5) is 11.6 Å². The van der Waals surface area contributed by atoms with Crippen LogP contribution in [0.25, 0.3) is 0 Å². The third-order valence-corrected chi connectivity index (χ3v) is 4.49. The maximum Gasteiger partial charge on any atom is 0.153 e. The lowest BCUT2D eigenvalue weighted by Gasteiger charge is -2.24. The highest BCUT2D eigenvalue weighted by molar-refractivity contribution is 6.35. The number of aromatic amines is 1. The summed E-state index contributed by atoms with van der Waals surface area (Å²) in [5, 5.41) is 0.365. The number of nitrogens with zero attached hydrogens (tertiary/aromatic N) is 4. The van der Waals surface area contributed by atoms with Gasteiger partial charge in [0.05, 0.1) is 17.8 Å². The minimum atomic E-state index is 0.0177. The molecule has 1 saturated heterocycles. The quantitative estimate of drug-likeness (QED) is 0.898. The van der Waals surface area contributed by atoms with E-state index in [1.165, 1.54) is 6.33 Å². The number of aryl methyl sites for hydroxylation is 2. The van der Waals surface area contributed by atoms with Crippen LogP contribution in [0.5, 0.6) is 0 Å². The average Bonchev–Trinajstić information content (AvgIpc) is 3.06. The van der Waals surface area contributed by atoms with Gasteiger partial charge in [-0.1, -0.05) is 11.6 Å². The second kappa shape index (κ2) is 5.73. The molecule has 0 aliphatic carbocycles. The first-order chi connectivity index (χ1) is 10.5. The summed E-state index contributed by atoms with van der Waals surface area (Å²) >= 11 is 6.29. The van der Waals surface area contributed by atoms with E-state index in [1.807, 2.05) is 13.8 Å².